The fraction of sp³-hybridized carbons (Fsp3) is 0.185. The first-order valence-corrected chi connectivity index (χ1v) is 11.5. The highest BCUT2D eigenvalue weighted by Crippen LogP contribution is 2.25. The van der Waals surface area contributed by atoms with Gasteiger partial charge >= 0.3 is 5.69 Å². The predicted molar refractivity (Wildman–Crippen MR) is 136 cm³/mol. The average Bonchev–Trinajstić information content (AvgIpc) is 2.84. The number of halogens is 2. The van der Waals surface area contributed by atoms with Gasteiger partial charge < -0.3 is 10.4 Å². The van der Waals surface area contributed by atoms with Gasteiger partial charge in [-0.15, -0.1) is 0 Å². The van der Waals surface area contributed by atoms with Crippen LogP contribution in [0.25, 0.3) is 11.1 Å². The number of phenolic OH excluding ortho intramolecular Hbond substituents is 1. The van der Waals surface area contributed by atoms with E-state index < -0.39 is 17.1 Å². The molecule has 0 aliphatic carbocycles. The number of nitrogens with one attached hydrogen (secondary N) is 1. The van der Waals surface area contributed by atoms with Crippen molar-refractivity contribution in [2.45, 2.75) is 26.1 Å². The van der Waals surface area contributed by atoms with Gasteiger partial charge in [-0.3, -0.25) is 13.9 Å². The van der Waals surface area contributed by atoms with Crippen LogP contribution in [0.5, 0.6) is 5.75 Å². The van der Waals surface area contributed by atoms with Crippen LogP contribution in [-0.2, 0) is 13.1 Å². The van der Waals surface area contributed by atoms with Crippen molar-refractivity contribution in [3.8, 4) is 16.9 Å². The lowest BCUT2D eigenvalue weighted by Crippen LogP contribution is -2.44. The summed E-state index contributed by atoms with van der Waals surface area (Å²) in [6.45, 7) is 1.53. The third-order valence-electron chi connectivity index (χ3n) is 6.12. The van der Waals surface area contributed by atoms with Crippen LogP contribution in [0.1, 0.15) is 22.9 Å². The molecule has 0 amide bonds. The minimum absolute atomic E-state index is 0.0138. The molecule has 6 nitrogen and oxygen atoms in total. The molecule has 0 fully saturated rings. The molecule has 2 N–H and O–H groups in total. The first-order chi connectivity index (χ1) is 16.8. The molecule has 0 saturated carbocycles. The fourth-order valence-corrected chi connectivity index (χ4v) is 4.44. The number of likely N-dealkylation sites (N-methyl/N-ethyl adjacent to an activating group) is 1. The van der Waals surface area contributed by atoms with Gasteiger partial charge in [0, 0.05) is 16.3 Å². The van der Waals surface area contributed by atoms with Gasteiger partial charge in [-0.25, -0.2) is 9.18 Å². The second kappa shape index (κ2) is 10.3. The normalized spacial score (nSPS) is 12.0. The van der Waals surface area contributed by atoms with Crippen LogP contribution < -0.4 is 16.6 Å². The van der Waals surface area contributed by atoms with E-state index in [-0.39, 0.29) is 41.0 Å². The molecule has 8 heteroatoms. The Kier molecular flexibility index (Phi) is 7.19. The van der Waals surface area contributed by atoms with Crippen molar-refractivity contribution in [1.29, 1.82) is 0 Å². The summed E-state index contributed by atoms with van der Waals surface area (Å²) in [5.74, 6) is -0.557. The Hall–Kier alpha value is -3.68. The fourth-order valence-electron chi connectivity index (χ4n) is 4.21. The lowest BCUT2D eigenvalue weighted by Gasteiger charge is -2.22. The van der Waals surface area contributed by atoms with E-state index in [1.807, 2.05) is 30.3 Å². The first-order valence-electron chi connectivity index (χ1n) is 11.1. The molecule has 1 heterocycles. The zero-order chi connectivity index (χ0) is 25.1. The minimum Gasteiger partial charge on any atom is -0.508 e. The van der Waals surface area contributed by atoms with Crippen molar-refractivity contribution in [1.82, 2.24) is 14.5 Å². The van der Waals surface area contributed by atoms with Gasteiger partial charge in [0.05, 0.1) is 24.7 Å². The van der Waals surface area contributed by atoms with E-state index in [2.05, 4.69) is 5.32 Å². The van der Waals surface area contributed by atoms with E-state index in [1.54, 1.807) is 32.2 Å². The van der Waals surface area contributed by atoms with E-state index in [0.717, 1.165) is 10.1 Å². The summed E-state index contributed by atoms with van der Waals surface area (Å²) in [6.07, 6.45) is 0. The Morgan fingerprint density at radius 2 is 1.71 bits per heavy atom. The summed E-state index contributed by atoms with van der Waals surface area (Å²) >= 11 is 6.25. The maximum absolute atomic E-state index is 14.6. The molecule has 4 rings (SSSR count). The lowest BCUT2D eigenvalue weighted by atomic mass is 10.0. The van der Waals surface area contributed by atoms with E-state index >= 15 is 0 Å². The first kappa shape index (κ1) is 24.4. The quantitative estimate of drug-likeness (QED) is 0.397. The van der Waals surface area contributed by atoms with Crippen molar-refractivity contribution in [3.63, 3.8) is 0 Å². The number of rotatable bonds is 7. The van der Waals surface area contributed by atoms with Crippen LogP contribution in [0.4, 0.5) is 4.39 Å². The van der Waals surface area contributed by atoms with Crippen molar-refractivity contribution in [2.75, 3.05) is 7.05 Å². The van der Waals surface area contributed by atoms with Crippen LogP contribution in [0.2, 0.25) is 5.02 Å². The summed E-state index contributed by atoms with van der Waals surface area (Å²) in [5.41, 5.74) is 1.04. The molecule has 1 aromatic heterocycles. The van der Waals surface area contributed by atoms with Gasteiger partial charge in [-0.2, -0.15) is 0 Å². The molecule has 3 aromatic carbocycles. The molecule has 0 radical (unpaired) electrons. The largest absolute Gasteiger partial charge is 0.508 e. The summed E-state index contributed by atoms with van der Waals surface area (Å²) in [7, 11) is 1.75. The SMILES string of the molecule is CN[C@@H](Cn1c(=O)c(-c2cccc(O)c2)c(C)n(Cc2c(F)cccc2Cl)c1=O)c1ccccc1. The molecule has 0 saturated heterocycles. The van der Waals surface area contributed by atoms with Crippen molar-refractivity contribution in [3.05, 3.63) is 121 Å². The van der Waals surface area contributed by atoms with Crippen molar-refractivity contribution < 1.29 is 9.50 Å². The Morgan fingerprint density at radius 1 is 1.00 bits per heavy atom. The van der Waals surface area contributed by atoms with E-state index in [1.165, 1.54) is 28.8 Å². The van der Waals surface area contributed by atoms with E-state index in [9.17, 15) is 19.1 Å². The number of aromatic nitrogens is 2. The van der Waals surface area contributed by atoms with Gasteiger partial charge in [0.1, 0.15) is 11.6 Å². The number of phenols is 1. The molecule has 4 aromatic rings. The molecule has 35 heavy (non-hydrogen) atoms. The molecular weight excluding hydrogens is 469 g/mol. The minimum atomic E-state index is -0.577. The summed E-state index contributed by atoms with van der Waals surface area (Å²) in [4.78, 5) is 27.3. The summed E-state index contributed by atoms with van der Waals surface area (Å²) in [6, 6.07) is 19.7. The Morgan fingerprint density at radius 3 is 2.37 bits per heavy atom. The van der Waals surface area contributed by atoms with Gasteiger partial charge in [0.2, 0.25) is 0 Å². The van der Waals surface area contributed by atoms with Gasteiger partial charge in [0.15, 0.2) is 0 Å². The molecule has 180 valence electrons. The third-order valence-corrected chi connectivity index (χ3v) is 6.47. The Labute approximate surface area is 206 Å². The van der Waals surface area contributed by atoms with Gasteiger partial charge in [-0.05, 0) is 49.4 Å². The highest BCUT2D eigenvalue weighted by Gasteiger charge is 2.22. The molecule has 0 aliphatic heterocycles. The Bertz CT molecular complexity index is 1460. The molecule has 1 atom stereocenters. The van der Waals surface area contributed by atoms with Crippen LogP contribution in [0.3, 0.4) is 0 Å². The van der Waals surface area contributed by atoms with Gasteiger partial charge in [0.25, 0.3) is 5.56 Å². The second-order valence-corrected chi connectivity index (χ2v) is 8.65. The number of aromatic hydroxyl groups is 1. The molecule has 0 bridgehead atoms. The summed E-state index contributed by atoms with van der Waals surface area (Å²) in [5, 5.41) is 13.4. The maximum atomic E-state index is 14.6. The Balaban J connectivity index is 1.95. The lowest BCUT2D eigenvalue weighted by molar-refractivity contribution is 0.459. The maximum Gasteiger partial charge on any atom is 0.331 e. The standard InChI is InChI=1S/C27H25ClFN3O3/c1-17-25(19-10-6-11-20(33)14-19)26(34)32(16-24(30-2)18-8-4-3-5-9-18)27(35)31(17)15-21-22(28)12-7-13-23(21)29/h3-14,24,30,33H,15-16H2,1-2H3/t24-/m0/s1. The number of benzene rings is 3. The van der Waals surface area contributed by atoms with Crippen LogP contribution in [0.15, 0.2) is 82.4 Å². The van der Waals surface area contributed by atoms with E-state index in [4.69, 9.17) is 11.6 Å². The molecule has 0 aliphatic rings. The molecular formula is C27H25ClFN3O3. The number of hydrogen-bond acceptors (Lipinski definition) is 4. The van der Waals surface area contributed by atoms with Gasteiger partial charge in [-0.1, -0.05) is 60.1 Å². The smallest absolute Gasteiger partial charge is 0.331 e. The van der Waals surface area contributed by atoms with Crippen LogP contribution in [0, 0.1) is 12.7 Å². The highest BCUT2D eigenvalue weighted by atomic mass is 35.5. The second-order valence-electron chi connectivity index (χ2n) is 8.25. The van der Waals surface area contributed by atoms with Crippen LogP contribution in [-0.4, -0.2) is 21.3 Å². The third kappa shape index (κ3) is 4.92. The predicted octanol–water partition coefficient (Wildman–Crippen LogP) is 4.49. The highest BCUT2D eigenvalue weighted by molar-refractivity contribution is 6.31. The number of nitrogens with zero attached hydrogens (tertiary/aromatic N) is 2. The van der Waals surface area contributed by atoms with Crippen molar-refractivity contribution in [2.24, 2.45) is 0 Å². The zero-order valence-corrected chi connectivity index (χ0v) is 20.1. The zero-order valence-electron chi connectivity index (χ0n) is 19.3. The average molecular weight is 494 g/mol. The molecule has 0 unspecified atom stereocenters. The monoisotopic (exact) mass is 493 g/mol. The topological polar surface area (TPSA) is 76.3 Å². The summed E-state index contributed by atoms with van der Waals surface area (Å²) < 4.78 is 17.1. The van der Waals surface area contributed by atoms with E-state index in [0.29, 0.717) is 11.3 Å². The van der Waals surface area contributed by atoms with Crippen LogP contribution >= 0.6 is 11.6 Å². The molecule has 0 spiro atoms. The van der Waals surface area contributed by atoms with Crippen molar-refractivity contribution >= 4 is 11.6 Å². The number of hydrogen-bond donors (Lipinski definition) is 2.